The van der Waals surface area contributed by atoms with Gasteiger partial charge in [-0.2, -0.15) is 0 Å². The van der Waals surface area contributed by atoms with E-state index in [2.05, 4.69) is 0 Å². The van der Waals surface area contributed by atoms with Gasteiger partial charge in [0.1, 0.15) is 12.1 Å². The first kappa shape index (κ1) is 8.17. The number of hydrogen-bond acceptors (Lipinski definition) is 1. The Labute approximate surface area is 75.9 Å². The van der Waals surface area contributed by atoms with Crippen LogP contribution in [0.1, 0.15) is 17.5 Å². The molecule has 1 aromatic rings. The second-order valence-electron chi connectivity index (χ2n) is 3.18. The summed E-state index contributed by atoms with van der Waals surface area (Å²) in [5.74, 6) is -0.207. The van der Waals surface area contributed by atoms with E-state index in [-0.39, 0.29) is 5.82 Å². The fourth-order valence-electron chi connectivity index (χ4n) is 1.58. The van der Waals surface area contributed by atoms with Gasteiger partial charge in [0.2, 0.25) is 0 Å². The van der Waals surface area contributed by atoms with E-state index in [1.54, 1.807) is 6.07 Å². The summed E-state index contributed by atoms with van der Waals surface area (Å²) >= 11 is 0. The van der Waals surface area contributed by atoms with Crippen molar-refractivity contribution in [2.24, 2.45) is 0 Å². The van der Waals surface area contributed by atoms with E-state index in [0.717, 1.165) is 35.8 Å². The zero-order chi connectivity index (χ0) is 9.26. The minimum absolute atomic E-state index is 0.207. The van der Waals surface area contributed by atoms with Gasteiger partial charge in [0.25, 0.3) is 0 Å². The highest BCUT2D eigenvalue weighted by Crippen LogP contribution is 2.23. The van der Waals surface area contributed by atoms with Crippen LogP contribution in [0.5, 0.6) is 0 Å². The van der Waals surface area contributed by atoms with Crippen molar-refractivity contribution in [2.75, 3.05) is 0 Å². The molecular weight excluding hydrogens is 167 g/mol. The number of hydrogen-bond donors (Lipinski definition) is 0. The third kappa shape index (κ3) is 1.52. The molecule has 0 aliphatic heterocycles. The Hall–Kier alpha value is -1.44. The van der Waals surface area contributed by atoms with Gasteiger partial charge in [-0.15, -0.1) is 0 Å². The topological polar surface area (TPSA) is 17.1 Å². The number of benzene rings is 1. The van der Waals surface area contributed by atoms with Crippen molar-refractivity contribution in [1.29, 1.82) is 0 Å². The van der Waals surface area contributed by atoms with Gasteiger partial charge in [0.15, 0.2) is 0 Å². The Morgan fingerprint density at radius 3 is 2.92 bits per heavy atom. The molecule has 1 aromatic carbocycles. The number of allylic oxidation sites excluding steroid dienone is 1. The number of aldehydes is 1. The Bertz CT molecular complexity index is 380. The minimum Gasteiger partial charge on any atom is -0.298 e. The second kappa shape index (κ2) is 3.13. The maximum atomic E-state index is 12.8. The van der Waals surface area contributed by atoms with Gasteiger partial charge in [-0.1, -0.05) is 6.07 Å². The quantitative estimate of drug-likeness (QED) is 0.600. The first-order chi connectivity index (χ1) is 6.29. The van der Waals surface area contributed by atoms with Gasteiger partial charge < -0.3 is 0 Å². The Kier molecular flexibility index (Phi) is 1.97. The average Bonchev–Trinajstić information content (AvgIpc) is 2.17. The summed E-state index contributed by atoms with van der Waals surface area (Å²) in [6.07, 6.45) is 4.18. The van der Waals surface area contributed by atoms with Crippen molar-refractivity contribution in [3.8, 4) is 0 Å². The molecule has 0 atom stereocenters. The van der Waals surface area contributed by atoms with Crippen LogP contribution in [-0.4, -0.2) is 6.29 Å². The SMILES string of the molecule is O=CC1=Cc2ccc(F)cc2CC1. The zero-order valence-electron chi connectivity index (χ0n) is 7.09. The molecule has 0 saturated heterocycles. The van der Waals surface area contributed by atoms with Crippen LogP contribution in [0.2, 0.25) is 0 Å². The molecule has 1 aliphatic carbocycles. The van der Waals surface area contributed by atoms with Gasteiger partial charge in [-0.05, 0) is 47.8 Å². The summed E-state index contributed by atoms with van der Waals surface area (Å²) in [6, 6.07) is 4.67. The number of aryl methyl sites for hydroxylation is 1. The summed E-state index contributed by atoms with van der Waals surface area (Å²) in [5.41, 5.74) is 2.75. The van der Waals surface area contributed by atoms with Crippen LogP contribution < -0.4 is 0 Å². The largest absolute Gasteiger partial charge is 0.298 e. The predicted octanol–water partition coefficient (Wildman–Crippen LogP) is 2.35. The molecule has 0 saturated carbocycles. The third-order valence-corrected chi connectivity index (χ3v) is 2.28. The van der Waals surface area contributed by atoms with Crippen LogP contribution in [0.15, 0.2) is 23.8 Å². The molecular formula is C11H9FO. The molecule has 0 unspecified atom stereocenters. The van der Waals surface area contributed by atoms with E-state index < -0.39 is 0 Å². The molecule has 0 N–H and O–H groups in total. The molecule has 0 aromatic heterocycles. The molecule has 13 heavy (non-hydrogen) atoms. The monoisotopic (exact) mass is 176 g/mol. The zero-order valence-corrected chi connectivity index (χ0v) is 7.09. The van der Waals surface area contributed by atoms with Crippen LogP contribution >= 0.6 is 0 Å². The van der Waals surface area contributed by atoms with Gasteiger partial charge in [-0.25, -0.2) is 4.39 Å². The first-order valence-electron chi connectivity index (χ1n) is 4.24. The van der Waals surface area contributed by atoms with Crippen LogP contribution in [0.25, 0.3) is 6.08 Å². The van der Waals surface area contributed by atoms with Gasteiger partial charge >= 0.3 is 0 Å². The van der Waals surface area contributed by atoms with E-state index >= 15 is 0 Å². The van der Waals surface area contributed by atoms with Crippen LogP contribution in [0.4, 0.5) is 4.39 Å². The fraction of sp³-hybridized carbons (Fsp3) is 0.182. The number of carbonyl (C=O) groups is 1. The molecule has 1 nitrogen and oxygen atoms in total. The van der Waals surface area contributed by atoms with Gasteiger partial charge in [0.05, 0.1) is 0 Å². The molecule has 2 heteroatoms. The summed E-state index contributed by atoms with van der Waals surface area (Å²) in [5, 5.41) is 0. The molecule has 66 valence electrons. The van der Waals surface area contributed by atoms with E-state index in [0.29, 0.717) is 0 Å². The minimum atomic E-state index is -0.207. The predicted molar refractivity (Wildman–Crippen MR) is 48.8 cm³/mol. The highest BCUT2D eigenvalue weighted by Gasteiger charge is 2.09. The summed E-state index contributed by atoms with van der Waals surface area (Å²) < 4.78 is 12.8. The summed E-state index contributed by atoms with van der Waals surface area (Å²) in [6.45, 7) is 0. The van der Waals surface area contributed by atoms with Crippen LogP contribution in [0.3, 0.4) is 0 Å². The van der Waals surface area contributed by atoms with Crippen LogP contribution in [-0.2, 0) is 11.2 Å². The molecule has 0 spiro atoms. The molecule has 0 radical (unpaired) electrons. The van der Waals surface area contributed by atoms with Crippen molar-refractivity contribution < 1.29 is 9.18 Å². The summed E-state index contributed by atoms with van der Waals surface area (Å²) in [4.78, 5) is 10.5. The van der Waals surface area contributed by atoms with E-state index in [1.807, 2.05) is 6.08 Å². The maximum absolute atomic E-state index is 12.8. The Morgan fingerprint density at radius 2 is 2.15 bits per heavy atom. The highest BCUT2D eigenvalue weighted by molar-refractivity contribution is 5.83. The fourth-order valence-corrected chi connectivity index (χ4v) is 1.58. The molecule has 1 aliphatic rings. The first-order valence-corrected chi connectivity index (χ1v) is 4.24. The normalized spacial score (nSPS) is 14.7. The van der Waals surface area contributed by atoms with E-state index in [9.17, 15) is 9.18 Å². The molecule has 0 amide bonds. The molecule has 2 rings (SSSR count). The lowest BCUT2D eigenvalue weighted by molar-refractivity contribution is -0.105. The van der Waals surface area contributed by atoms with Crippen LogP contribution in [0, 0.1) is 5.82 Å². The molecule has 0 fully saturated rings. The number of rotatable bonds is 1. The van der Waals surface area contributed by atoms with Crippen molar-refractivity contribution in [3.63, 3.8) is 0 Å². The van der Waals surface area contributed by atoms with Gasteiger partial charge in [-0.3, -0.25) is 4.79 Å². The number of halogens is 1. The smallest absolute Gasteiger partial charge is 0.146 e. The van der Waals surface area contributed by atoms with E-state index in [4.69, 9.17) is 0 Å². The third-order valence-electron chi connectivity index (χ3n) is 2.28. The highest BCUT2D eigenvalue weighted by atomic mass is 19.1. The van der Waals surface area contributed by atoms with Crippen molar-refractivity contribution in [1.82, 2.24) is 0 Å². The van der Waals surface area contributed by atoms with Gasteiger partial charge in [0, 0.05) is 0 Å². The number of fused-ring (bicyclic) bond motifs is 1. The lowest BCUT2D eigenvalue weighted by Gasteiger charge is -2.12. The second-order valence-corrected chi connectivity index (χ2v) is 3.18. The number of carbonyl (C=O) groups excluding carboxylic acids is 1. The molecule has 0 heterocycles. The van der Waals surface area contributed by atoms with E-state index in [1.165, 1.54) is 12.1 Å². The molecule has 0 bridgehead atoms. The standard InChI is InChI=1S/C11H9FO/c12-11-4-3-9-5-8(7-13)1-2-10(9)6-11/h3-7H,1-2H2. The maximum Gasteiger partial charge on any atom is 0.146 e. The average molecular weight is 176 g/mol. The van der Waals surface area contributed by atoms with Crippen molar-refractivity contribution in [2.45, 2.75) is 12.8 Å². The van der Waals surface area contributed by atoms with Crippen molar-refractivity contribution >= 4 is 12.4 Å². The lowest BCUT2D eigenvalue weighted by Crippen LogP contribution is -2.00. The Morgan fingerprint density at radius 1 is 1.31 bits per heavy atom. The summed E-state index contributed by atoms with van der Waals surface area (Å²) in [7, 11) is 0. The van der Waals surface area contributed by atoms with Crippen molar-refractivity contribution in [3.05, 3.63) is 40.7 Å². The lowest BCUT2D eigenvalue weighted by atomic mass is 9.93. The Balaban J connectivity index is 2.48.